The summed E-state index contributed by atoms with van der Waals surface area (Å²) in [4.78, 5) is 19.1. The second kappa shape index (κ2) is 13.9. The fourth-order valence-corrected chi connectivity index (χ4v) is 1.39. The Labute approximate surface area is 147 Å². The van der Waals surface area contributed by atoms with Crippen molar-refractivity contribution in [3.63, 3.8) is 0 Å². The molecule has 0 spiro atoms. The number of guanidine groups is 2. The van der Waals surface area contributed by atoms with Gasteiger partial charge in [-0.25, -0.2) is 4.99 Å². The molecule has 0 amide bonds. The number of unbranched alkanes of at least 4 members (excludes halogenated alkanes) is 1. The summed E-state index contributed by atoms with van der Waals surface area (Å²) in [5.74, 6) is 0.394. The second-order valence-corrected chi connectivity index (χ2v) is 6.91. The fourth-order valence-electron chi connectivity index (χ4n) is 1.39. The van der Waals surface area contributed by atoms with E-state index in [2.05, 4.69) is 36.4 Å². The lowest BCUT2D eigenvalue weighted by Gasteiger charge is -2.23. The van der Waals surface area contributed by atoms with Gasteiger partial charge in [0.2, 0.25) is 0 Å². The largest absolute Gasteiger partial charge is 0.773 e. The highest BCUT2D eigenvalue weighted by Gasteiger charge is 2.05. The van der Waals surface area contributed by atoms with Crippen LogP contribution in [0.15, 0.2) is 9.98 Å². The van der Waals surface area contributed by atoms with Crippen molar-refractivity contribution < 1.29 is 18.0 Å². The highest BCUT2D eigenvalue weighted by atomic mass is 32.2. The third-order valence-electron chi connectivity index (χ3n) is 2.60. The molecule has 1 atom stereocenters. The van der Waals surface area contributed by atoms with Gasteiger partial charge in [0.15, 0.2) is 17.7 Å². The predicted molar refractivity (Wildman–Crippen MR) is 98.4 cm³/mol. The molecule has 0 radical (unpaired) electrons. The number of carbonyl (C=O) groups is 1. The van der Waals surface area contributed by atoms with Gasteiger partial charge in [-0.05, 0) is 19.1 Å². The van der Waals surface area contributed by atoms with Crippen LogP contribution in [0, 0.1) is 0 Å². The van der Waals surface area contributed by atoms with Crippen LogP contribution in [0.1, 0.15) is 26.2 Å². The summed E-state index contributed by atoms with van der Waals surface area (Å²) < 4.78 is 18.9. The molecule has 0 aliphatic heterocycles. The number of aliphatic imine (C=N–C) groups is 2. The topological polar surface area (TPSA) is 146 Å². The molecule has 0 saturated heterocycles. The maximum atomic E-state index is 11.1. The van der Waals surface area contributed by atoms with Gasteiger partial charge < -0.3 is 20.5 Å². The van der Waals surface area contributed by atoms with Crippen molar-refractivity contribution in [2.45, 2.75) is 26.2 Å². The van der Waals surface area contributed by atoms with E-state index in [1.165, 1.54) is 0 Å². The van der Waals surface area contributed by atoms with Gasteiger partial charge in [-0.1, -0.05) is 18.0 Å². The molecule has 0 heterocycles. The molecule has 10 heteroatoms. The van der Waals surface area contributed by atoms with Gasteiger partial charge in [-0.2, -0.15) is 0 Å². The van der Waals surface area contributed by atoms with Crippen molar-refractivity contribution in [1.29, 1.82) is 0 Å². The van der Waals surface area contributed by atoms with E-state index in [9.17, 15) is 4.79 Å². The number of nitrogens with one attached hydrogen (secondary N) is 1. The van der Waals surface area contributed by atoms with Crippen LogP contribution in [0.2, 0.25) is 0 Å². The molecule has 0 saturated carbocycles. The van der Waals surface area contributed by atoms with Crippen molar-refractivity contribution in [3.8, 4) is 0 Å². The normalized spacial score (nSPS) is 13.8. The minimum Gasteiger partial charge on any atom is -0.773 e. The predicted octanol–water partition coefficient (Wildman–Crippen LogP) is -0.834. The first kappa shape index (κ1) is 24.7. The molecular formula is C14H32N6O3S. The number of rotatable bonds is 8. The van der Waals surface area contributed by atoms with E-state index in [1.807, 2.05) is 0 Å². The first-order valence-electron chi connectivity index (χ1n) is 7.67. The Morgan fingerprint density at radius 3 is 2.12 bits per heavy atom. The van der Waals surface area contributed by atoms with E-state index in [0.717, 1.165) is 30.1 Å². The summed E-state index contributed by atoms with van der Waals surface area (Å²) in [7, 11) is 6.48. The molecule has 1 unspecified atom stereocenters. The maximum absolute atomic E-state index is 11.1. The quantitative estimate of drug-likeness (QED) is 0.168. The molecular weight excluding hydrogens is 332 g/mol. The lowest BCUT2D eigenvalue weighted by molar-refractivity contribution is -0.870. The van der Waals surface area contributed by atoms with Gasteiger partial charge >= 0.3 is 0 Å². The highest BCUT2D eigenvalue weighted by molar-refractivity contribution is 7.78. The number of carbonyl (C=O) groups excluding carboxylic acids is 1. The number of nitrogens with zero attached hydrogens (tertiary/aromatic N) is 3. The summed E-state index contributed by atoms with van der Waals surface area (Å²) in [6.07, 6.45) is 3.60. The highest BCUT2D eigenvalue weighted by Crippen LogP contribution is 1.97. The minimum atomic E-state index is -1.86. The maximum Gasteiger partial charge on any atom is 0.195 e. The summed E-state index contributed by atoms with van der Waals surface area (Å²) in [5.41, 5.74) is 11.3. The molecule has 0 aromatic heterocycles. The van der Waals surface area contributed by atoms with E-state index in [4.69, 9.17) is 20.2 Å². The van der Waals surface area contributed by atoms with Gasteiger partial charge in [0.1, 0.15) is 6.54 Å². The minimum absolute atomic E-state index is 0.0329. The van der Waals surface area contributed by atoms with Gasteiger partial charge in [-0.3, -0.25) is 19.3 Å². The Kier molecular flexibility index (Phi) is 14.3. The molecule has 5 N–H and O–H groups in total. The SMILES string of the molecule is CCC(=O)CN=C(N)NC(N)=NCCCC[N+](C)(C)C.CS(=O)[O-]. The number of nitrogens with two attached hydrogens (primary N) is 2. The monoisotopic (exact) mass is 364 g/mol. The summed E-state index contributed by atoms with van der Waals surface area (Å²) >= 11 is -1.86. The van der Waals surface area contributed by atoms with Crippen LogP contribution in [0.3, 0.4) is 0 Å². The smallest absolute Gasteiger partial charge is 0.195 e. The molecule has 0 aliphatic rings. The van der Waals surface area contributed by atoms with Crippen molar-refractivity contribution in [1.82, 2.24) is 5.32 Å². The van der Waals surface area contributed by atoms with E-state index in [-0.39, 0.29) is 24.2 Å². The molecule has 0 rings (SSSR count). The van der Waals surface area contributed by atoms with Gasteiger partial charge in [0.05, 0.1) is 27.7 Å². The Morgan fingerprint density at radius 2 is 1.67 bits per heavy atom. The third-order valence-corrected chi connectivity index (χ3v) is 2.60. The first-order chi connectivity index (χ1) is 11.0. The molecule has 0 aromatic rings. The zero-order valence-corrected chi connectivity index (χ0v) is 16.2. The average Bonchev–Trinajstić information content (AvgIpc) is 2.42. The Balaban J connectivity index is 0. The van der Waals surface area contributed by atoms with Crippen LogP contribution in [0.25, 0.3) is 0 Å². The number of hydrogen-bond acceptors (Lipinski definition) is 5. The molecule has 24 heavy (non-hydrogen) atoms. The molecule has 9 nitrogen and oxygen atoms in total. The Hall–Kier alpha value is -1.52. The zero-order valence-electron chi connectivity index (χ0n) is 15.4. The van der Waals surface area contributed by atoms with E-state index >= 15 is 0 Å². The van der Waals surface area contributed by atoms with Gasteiger partial charge in [0.25, 0.3) is 0 Å². The van der Waals surface area contributed by atoms with Crippen LogP contribution in [-0.2, 0) is 15.9 Å². The molecule has 0 aromatic carbocycles. The van der Waals surface area contributed by atoms with Crippen LogP contribution < -0.4 is 16.8 Å². The average molecular weight is 365 g/mol. The number of Topliss-reactive ketones (excluding diaryl/α,β-unsaturated/α-hetero) is 1. The van der Waals surface area contributed by atoms with Crippen molar-refractivity contribution in [2.24, 2.45) is 21.5 Å². The lowest BCUT2D eigenvalue weighted by Crippen LogP contribution is -2.42. The lowest BCUT2D eigenvalue weighted by atomic mass is 10.3. The van der Waals surface area contributed by atoms with Gasteiger partial charge in [-0.15, -0.1) is 0 Å². The van der Waals surface area contributed by atoms with E-state index in [1.54, 1.807) is 6.92 Å². The Bertz CT molecular complexity index is 442. The zero-order chi connectivity index (χ0) is 19.2. The summed E-state index contributed by atoms with van der Waals surface area (Å²) in [6, 6.07) is 0. The molecule has 0 bridgehead atoms. The fraction of sp³-hybridized carbons (Fsp3) is 0.786. The summed E-state index contributed by atoms with van der Waals surface area (Å²) in [6.45, 7) is 3.62. The van der Waals surface area contributed by atoms with E-state index in [0.29, 0.717) is 13.0 Å². The Morgan fingerprint density at radius 1 is 1.17 bits per heavy atom. The molecule has 142 valence electrons. The first-order valence-corrected chi connectivity index (χ1v) is 9.16. The summed E-state index contributed by atoms with van der Waals surface area (Å²) in [5, 5.41) is 2.67. The van der Waals surface area contributed by atoms with Crippen LogP contribution in [-0.4, -0.2) is 78.0 Å². The third kappa shape index (κ3) is 22.8. The van der Waals surface area contributed by atoms with Crippen molar-refractivity contribution in [2.75, 3.05) is 47.0 Å². The van der Waals surface area contributed by atoms with Crippen molar-refractivity contribution >= 4 is 28.8 Å². The number of ketones is 1. The van der Waals surface area contributed by atoms with Crippen LogP contribution >= 0.6 is 0 Å². The number of quaternary nitrogens is 1. The van der Waals surface area contributed by atoms with Crippen molar-refractivity contribution in [3.05, 3.63) is 0 Å². The molecule has 0 fully saturated rings. The number of hydrogen-bond donors (Lipinski definition) is 3. The van der Waals surface area contributed by atoms with Crippen LogP contribution in [0.5, 0.6) is 0 Å². The van der Waals surface area contributed by atoms with Gasteiger partial charge in [0, 0.05) is 13.0 Å². The second-order valence-electron chi connectivity index (χ2n) is 6.11. The van der Waals surface area contributed by atoms with E-state index < -0.39 is 11.1 Å². The molecule has 0 aliphatic carbocycles. The standard InChI is InChI=1S/C13H29N6O.CH4O2S/c1-5-11(20)10-17-13(15)18-12(14)16-8-6-7-9-19(2,3)4;1-4(2)3/h5-10H2,1-4H3,(H5,14,15,16,17,18);1H3,(H,2,3)/q+1;/p-1. The van der Waals surface area contributed by atoms with Crippen LogP contribution in [0.4, 0.5) is 0 Å².